The topological polar surface area (TPSA) is 65.1 Å². The van der Waals surface area contributed by atoms with Crippen molar-refractivity contribution in [2.45, 2.75) is 20.4 Å². The van der Waals surface area contributed by atoms with Crippen molar-refractivity contribution < 1.29 is 4.42 Å². The first-order valence-electron chi connectivity index (χ1n) is 8.11. The van der Waals surface area contributed by atoms with Gasteiger partial charge in [0.15, 0.2) is 0 Å². The van der Waals surface area contributed by atoms with Gasteiger partial charge < -0.3 is 4.42 Å². The standard InChI is InChI=1S/C20H15ClN2O3/c1-11-3-5-15-13(7-18(24)26-19(15)12(11)2)9-23-10-22-17-6-4-14(21)8-16(17)20(23)25/h3-8,10H,9H2,1-2H3. The number of halogens is 1. The quantitative estimate of drug-likeness (QED) is 0.506. The lowest BCUT2D eigenvalue weighted by atomic mass is 10.0. The third kappa shape index (κ3) is 2.70. The zero-order chi connectivity index (χ0) is 18.4. The van der Waals surface area contributed by atoms with Crippen LogP contribution in [0.25, 0.3) is 21.9 Å². The molecule has 0 aliphatic rings. The number of aromatic nitrogens is 2. The minimum Gasteiger partial charge on any atom is -0.422 e. The minimum atomic E-state index is -0.439. The average molecular weight is 367 g/mol. The lowest BCUT2D eigenvalue weighted by Gasteiger charge is -2.11. The van der Waals surface area contributed by atoms with Crippen LogP contribution in [0.5, 0.6) is 0 Å². The second kappa shape index (κ2) is 6.11. The Hall–Kier alpha value is -2.92. The van der Waals surface area contributed by atoms with Crippen LogP contribution in [0.4, 0.5) is 0 Å². The van der Waals surface area contributed by atoms with Crippen molar-refractivity contribution in [3.8, 4) is 0 Å². The van der Waals surface area contributed by atoms with Crippen LogP contribution in [0.15, 0.2) is 56.7 Å². The monoisotopic (exact) mass is 366 g/mol. The van der Waals surface area contributed by atoms with E-state index in [1.54, 1.807) is 18.2 Å². The number of fused-ring (bicyclic) bond motifs is 2. The molecule has 0 atom stereocenters. The molecular weight excluding hydrogens is 352 g/mol. The first-order chi connectivity index (χ1) is 12.4. The fourth-order valence-electron chi connectivity index (χ4n) is 3.08. The van der Waals surface area contributed by atoms with Gasteiger partial charge in [-0.15, -0.1) is 0 Å². The summed E-state index contributed by atoms with van der Waals surface area (Å²) in [5, 5.41) is 1.73. The normalized spacial score (nSPS) is 11.3. The van der Waals surface area contributed by atoms with E-state index in [1.165, 1.54) is 17.0 Å². The molecule has 2 heterocycles. The molecule has 0 radical (unpaired) electrons. The van der Waals surface area contributed by atoms with E-state index in [0.717, 1.165) is 16.5 Å². The second-order valence-electron chi connectivity index (χ2n) is 6.31. The Morgan fingerprint density at radius 1 is 1.08 bits per heavy atom. The molecule has 26 heavy (non-hydrogen) atoms. The summed E-state index contributed by atoms with van der Waals surface area (Å²) in [6.07, 6.45) is 1.49. The van der Waals surface area contributed by atoms with Crippen molar-refractivity contribution in [3.63, 3.8) is 0 Å². The van der Waals surface area contributed by atoms with E-state index < -0.39 is 5.63 Å². The molecule has 0 aliphatic carbocycles. The summed E-state index contributed by atoms with van der Waals surface area (Å²) < 4.78 is 6.87. The Labute approximate surface area is 153 Å². The minimum absolute atomic E-state index is 0.206. The Bertz CT molecular complexity index is 1290. The molecule has 0 N–H and O–H groups in total. The Balaban J connectivity index is 1.92. The van der Waals surface area contributed by atoms with E-state index in [4.69, 9.17) is 16.0 Å². The lowest BCUT2D eigenvalue weighted by molar-refractivity contribution is 0.554. The molecule has 0 spiro atoms. The van der Waals surface area contributed by atoms with E-state index in [9.17, 15) is 9.59 Å². The molecule has 2 aromatic carbocycles. The predicted octanol–water partition coefficient (Wildman–Crippen LogP) is 3.82. The number of aryl methyl sites for hydroxylation is 2. The van der Waals surface area contributed by atoms with Crippen molar-refractivity contribution >= 4 is 33.5 Å². The highest BCUT2D eigenvalue weighted by Gasteiger charge is 2.12. The Morgan fingerprint density at radius 2 is 1.88 bits per heavy atom. The Morgan fingerprint density at radius 3 is 2.69 bits per heavy atom. The predicted molar refractivity (Wildman–Crippen MR) is 102 cm³/mol. The van der Waals surface area contributed by atoms with Crippen molar-refractivity contribution in [3.05, 3.63) is 85.2 Å². The van der Waals surface area contributed by atoms with Crippen LogP contribution in [-0.4, -0.2) is 9.55 Å². The maximum absolute atomic E-state index is 12.8. The summed E-state index contributed by atoms with van der Waals surface area (Å²) in [4.78, 5) is 29.1. The van der Waals surface area contributed by atoms with E-state index in [0.29, 0.717) is 27.1 Å². The maximum atomic E-state index is 12.8. The van der Waals surface area contributed by atoms with Crippen LogP contribution in [0.2, 0.25) is 5.02 Å². The highest BCUT2D eigenvalue weighted by molar-refractivity contribution is 6.31. The molecule has 0 saturated heterocycles. The molecule has 0 unspecified atom stereocenters. The number of rotatable bonds is 2. The molecule has 2 aromatic heterocycles. The van der Waals surface area contributed by atoms with Crippen molar-refractivity contribution in [1.82, 2.24) is 9.55 Å². The van der Waals surface area contributed by atoms with Gasteiger partial charge in [0.25, 0.3) is 5.56 Å². The van der Waals surface area contributed by atoms with Gasteiger partial charge in [-0.05, 0) is 48.7 Å². The molecule has 0 amide bonds. The van der Waals surface area contributed by atoms with E-state index in [1.807, 2.05) is 26.0 Å². The van der Waals surface area contributed by atoms with Crippen LogP contribution >= 0.6 is 11.6 Å². The molecule has 130 valence electrons. The zero-order valence-electron chi connectivity index (χ0n) is 14.2. The van der Waals surface area contributed by atoms with Gasteiger partial charge in [-0.3, -0.25) is 9.36 Å². The van der Waals surface area contributed by atoms with Gasteiger partial charge in [-0.1, -0.05) is 23.7 Å². The highest BCUT2D eigenvalue weighted by atomic mass is 35.5. The molecule has 0 saturated carbocycles. The molecule has 4 rings (SSSR count). The fourth-order valence-corrected chi connectivity index (χ4v) is 3.25. The molecular formula is C20H15ClN2O3. The smallest absolute Gasteiger partial charge is 0.336 e. The number of benzene rings is 2. The SMILES string of the molecule is Cc1ccc2c(Cn3cnc4ccc(Cl)cc4c3=O)cc(=O)oc2c1C. The number of hydrogen-bond acceptors (Lipinski definition) is 4. The Kier molecular flexibility index (Phi) is 3.89. The molecule has 0 aliphatic heterocycles. The summed E-state index contributed by atoms with van der Waals surface area (Å²) in [6.45, 7) is 4.10. The third-order valence-corrected chi connectivity index (χ3v) is 4.88. The molecule has 4 aromatic rings. The first-order valence-corrected chi connectivity index (χ1v) is 8.49. The zero-order valence-corrected chi connectivity index (χ0v) is 15.0. The average Bonchev–Trinajstić information content (AvgIpc) is 2.61. The van der Waals surface area contributed by atoms with Crippen LogP contribution in [0.1, 0.15) is 16.7 Å². The van der Waals surface area contributed by atoms with Gasteiger partial charge in [-0.25, -0.2) is 9.78 Å². The van der Waals surface area contributed by atoms with E-state index in [-0.39, 0.29) is 12.1 Å². The van der Waals surface area contributed by atoms with Crippen LogP contribution < -0.4 is 11.2 Å². The van der Waals surface area contributed by atoms with Gasteiger partial charge in [0.1, 0.15) is 5.58 Å². The third-order valence-electron chi connectivity index (χ3n) is 4.64. The van der Waals surface area contributed by atoms with Gasteiger partial charge >= 0.3 is 5.63 Å². The number of nitrogens with zero attached hydrogens (tertiary/aromatic N) is 2. The highest BCUT2D eigenvalue weighted by Crippen LogP contribution is 2.23. The van der Waals surface area contributed by atoms with E-state index in [2.05, 4.69) is 4.98 Å². The van der Waals surface area contributed by atoms with Crippen molar-refractivity contribution in [2.24, 2.45) is 0 Å². The summed E-state index contributed by atoms with van der Waals surface area (Å²) in [5.41, 5.74) is 3.16. The van der Waals surface area contributed by atoms with Crippen molar-refractivity contribution in [2.75, 3.05) is 0 Å². The van der Waals surface area contributed by atoms with Crippen molar-refractivity contribution in [1.29, 1.82) is 0 Å². The fraction of sp³-hybridized carbons (Fsp3) is 0.150. The summed E-state index contributed by atoms with van der Waals surface area (Å²) in [5.74, 6) is 0. The first kappa shape index (κ1) is 16.5. The summed E-state index contributed by atoms with van der Waals surface area (Å²) in [6, 6.07) is 10.3. The molecule has 5 nitrogen and oxygen atoms in total. The molecule has 6 heteroatoms. The second-order valence-corrected chi connectivity index (χ2v) is 6.75. The number of hydrogen-bond donors (Lipinski definition) is 0. The van der Waals surface area contributed by atoms with Gasteiger partial charge in [0.2, 0.25) is 0 Å². The van der Waals surface area contributed by atoms with Crippen LogP contribution in [0.3, 0.4) is 0 Å². The largest absolute Gasteiger partial charge is 0.422 e. The van der Waals surface area contributed by atoms with Crippen LogP contribution in [0, 0.1) is 13.8 Å². The van der Waals surface area contributed by atoms with Gasteiger partial charge in [0.05, 0.1) is 23.8 Å². The maximum Gasteiger partial charge on any atom is 0.336 e. The van der Waals surface area contributed by atoms with Gasteiger partial charge in [-0.2, -0.15) is 0 Å². The summed E-state index contributed by atoms with van der Waals surface area (Å²) in [7, 11) is 0. The van der Waals surface area contributed by atoms with E-state index >= 15 is 0 Å². The van der Waals surface area contributed by atoms with Crippen LogP contribution in [-0.2, 0) is 6.54 Å². The van der Waals surface area contributed by atoms with Gasteiger partial charge in [0, 0.05) is 16.5 Å². The molecule has 0 bridgehead atoms. The lowest BCUT2D eigenvalue weighted by Crippen LogP contribution is -2.22. The molecule has 0 fully saturated rings. The summed E-state index contributed by atoms with van der Waals surface area (Å²) >= 11 is 6.00.